The fraction of sp³-hybridized carbons (Fsp3) is 0.529. The van der Waals surface area contributed by atoms with Crippen LogP contribution >= 0.6 is 0 Å². The summed E-state index contributed by atoms with van der Waals surface area (Å²) in [6.07, 6.45) is 2.11. The number of carbonyl (C=O) groups excluding carboxylic acids is 2. The number of benzene rings is 1. The SMILES string of the molecule is CC(C)(C)NC(=O)CCC(C)(C)c1ccc(C=O)cc1. The Hall–Kier alpha value is -1.64. The number of amides is 1. The largest absolute Gasteiger partial charge is 0.352 e. The summed E-state index contributed by atoms with van der Waals surface area (Å²) in [5.74, 6) is 0.0788. The average molecular weight is 275 g/mol. The zero-order valence-electron chi connectivity index (χ0n) is 13.1. The molecule has 0 atom stereocenters. The Morgan fingerprint density at radius 1 is 1.10 bits per heavy atom. The van der Waals surface area contributed by atoms with Crippen LogP contribution in [-0.2, 0) is 10.2 Å². The number of hydrogen-bond donors (Lipinski definition) is 1. The van der Waals surface area contributed by atoms with Gasteiger partial charge in [-0.1, -0.05) is 38.1 Å². The molecule has 110 valence electrons. The molecular weight excluding hydrogens is 250 g/mol. The van der Waals surface area contributed by atoms with Gasteiger partial charge in [0.1, 0.15) is 6.29 Å². The van der Waals surface area contributed by atoms with Crippen molar-refractivity contribution in [3.63, 3.8) is 0 Å². The van der Waals surface area contributed by atoms with Gasteiger partial charge in [-0.25, -0.2) is 0 Å². The van der Waals surface area contributed by atoms with Gasteiger partial charge in [-0.3, -0.25) is 9.59 Å². The highest BCUT2D eigenvalue weighted by Crippen LogP contribution is 2.28. The van der Waals surface area contributed by atoms with Crippen LogP contribution in [0.3, 0.4) is 0 Å². The van der Waals surface area contributed by atoms with Crippen LogP contribution in [0.15, 0.2) is 24.3 Å². The molecule has 20 heavy (non-hydrogen) atoms. The molecule has 0 aliphatic rings. The highest BCUT2D eigenvalue weighted by atomic mass is 16.1. The van der Waals surface area contributed by atoms with Crippen molar-refractivity contribution in [3.8, 4) is 0 Å². The van der Waals surface area contributed by atoms with Crippen LogP contribution in [0.25, 0.3) is 0 Å². The van der Waals surface area contributed by atoms with E-state index in [-0.39, 0.29) is 16.9 Å². The summed E-state index contributed by atoms with van der Waals surface area (Å²) in [6, 6.07) is 7.56. The monoisotopic (exact) mass is 275 g/mol. The van der Waals surface area contributed by atoms with E-state index >= 15 is 0 Å². The Morgan fingerprint density at radius 2 is 1.65 bits per heavy atom. The van der Waals surface area contributed by atoms with Crippen LogP contribution < -0.4 is 5.32 Å². The second-order valence-corrected chi connectivity index (χ2v) is 6.92. The molecule has 1 N–H and O–H groups in total. The third-order valence-electron chi connectivity index (χ3n) is 3.32. The van der Waals surface area contributed by atoms with E-state index in [1.807, 2.05) is 45.0 Å². The first-order valence-corrected chi connectivity index (χ1v) is 7.01. The third-order valence-corrected chi connectivity index (χ3v) is 3.32. The van der Waals surface area contributed by atoms with Gasteiger partial charge in [0, 0.05) is 17.5 Å². The first kappa shape index (κ1) is 16.4. The molecule has 0 aromatic heterocycles. The van der Waals surface area contributed by atoms with Crippen LogP contribution in [0.2, 0.25) is 0 Å². The smallest absolute Gasteiger partial charge is 0.220 e. The van der Waals surface area contributed by atoms with Gasteiger partial charge in [-0.05, 0) is 38.2 Å². The van der Waals surface area contributed by atoms with E-state index in [1.54, 1.807) is 0 Å². The van der Waals surface area contributed by atoms with Crippen LogP contribution in [0, 0.1) is 0 Å². The van der Waals surface area contributed by atoms with Gasteiger partial charge < -0.3 is 5.32 Å². The zero-order valence-corrected chi connectivity index (χ0v) is 13.1. The summed E-state index contributed by atoms with van der Waals surface area (Å²) in [7, 11) is 0. The van der Waals surface area contributed by atoms with Crippen molar-refractivity contribution in [2.45, 2.75) is 58.4 Å². The topological polar surface area (TPSA) is 46.2 Å². The van der Waals surface area contributed by atoms with E-state index in [9.17, 15) is 9.59 Å². The molecule has 1 amide bonds. The fourth-order valence-electron chi connectivity index (χ4n) is 2.06. The van der Waals surface area contributed by atoms with Crippen molar-refractivity contribution >= 4 is 12.2 Å². The van der Waals surface area contributed by atoms with E-state index in [4.69, 9.17) is 0 Å². The molecule has 1 rings (SSSR count). The summed E-state index contributed by atoms with van der Waals surface area (Å²) in [5, 5.41) is 2.98. The van der Waals surface area contributed by atoms with Gasteiger partial charge in [0.15, 0.2) is 0 Å². The molecule has 0 aliphatic carbocycles. The van der Waals surface area contributed by atoms with Crippen LogP contribution in [0.4, 0.5) is 0 Å². The van der Waals surface area contributed by atoms with Crippen LogP contribution in [0.1, 0.15) is 63.4 Å². The summed E-state index contributed by atoms with van der Waals surface area (Å²) >= 11 is 0. The van der Waals surface area contributed by atoms with E-state index in [1.165, 1.54) is 0 Å². The average Bonchev–Trinajstić information content (AvgIpc) is 2.35. The lowest BCUT2D eigenvalue weighted by molar-refractivity contribution is -0.122. The zero-order chi connectivity index (χ0) is 15.4. The van der Waals surface area contributed by atoms with Gasteiger partial charge in [-0.15, -0.1) is 0 Å². The molecule has 3 heteroatoms. The van der Waals surface area contributed by atoms with E-state index < -0.39 is 0 Å². The molecule has 0 bridgehead atoms. The molecule has 0 heterocycles. The number of hydrogen-bond acceptors (Lipinski definition) is 2. The third kappa shape index (κ3) is 5.16. The van der Waals surface area contributed by atoms with Gasteiger partial charge in [-0.2, -0.15) is 0 Å². The summed E-state index contributed by atoms with van der Waals surface area (Å²) in [6.45, 7) is 10.2. The molecule has 0 spiro atoms. The molecule has 0 radical (unpaired) electrons. The second kappa shape index (κ2) is 6.21. The molecule has 3 nitrogen and oxygen atoms in total. The Balaban J connectivity index is 2.64. The molecule has 1 aromatic carbocycles. The molecule has 0 fully saturated rings. The summed E-state index contributed by atoms with van der Waals surface area (Å²) < 4.78 is 0. The predicted molar refractivity (Wildman–Crippen MR) is 82.0 cm³/mol. The summed E-state index contributed by atoms with van der Waals surface area (Å²) in [4.78, 5) is 22.5. The van der Waals surface area contributed by atoms with Crippen molar-refractivity contribution in [1.82, 2.24) is 5.32 Å². The fourth-order valence-corrected chi connectivity index (χ4v) is 2.06. The lowest BCUT2D eigenvalue weighted by Gasteiger charge is -2.26. The Kier molecular flexibility index (Phi) is 5.09. The number of rotatable bonds is 5. The van der Waals surface area contributed by atoms with E-state index in [0.717, 1.165) is 18.3 Å². The van der Waals surface area contributed by atoms with Gasteiger partial charge in [0.25, 0.3) is 0 Å². The predicted octanol–water partition coefficient (Wildman–Crippen LogP) is 3.47. The molecule has 0 unspecified atom stereocenters. The lowest BCUT2D eigenvalue weighted by atomic mass is 9.80. The minimum Gasteiger partial charge on any atom is -0.352 e. The van der Waals surface area contributed by atoms with E-state index in [0.29, 0.717) is 12.0 Å². The van der Waals surface area contributed by atoms with Crippen molar-refractivity contribution in [1.29, 1.82) is 0 Å². The first-order valence-electron chi connectivity index (χ1n) is 7.01. The first-order chi connectivity index (χ1) is 9.14. The maximum absolute atomic E-state index is 11.9. The van der Waals surface area contributed by atoms with Crippen molar-refractivity contribution in [2.75, 3.05) is 0 Å². The number of aldehydes is 1. The van der Waals surface area contributed by atoms with Gasteiger partial charge >= 0.3 is 0 Å². The maximum Gasteiger partial charge on any atom is 0.220 e. The Bertz CT molecular complexity index is 467. The maximum atomic E-state index is 11.9. The lowest BCUT2D eigenvalue weighted by Crippen LogP contribution is -2.41. The van der Waals surface area contributed by atoms with Crippen molar-refractivity contribution in [2.24, 2.45) is 0 Å². The van der Waals surface area contributed by atoms with Gasteiger partial charge in [0.05, 0.1) is 0 Å². The Labute approximate surface area is 121 Å². The highest BCUT2D eigenvalue weighted by molar-refractivity contribution is 5.77. The molecule has 0 saturated heterocycles. The van der Waals surface area contributed by atoms with Crippen LogP contribution in [-0.4, -0.2) is 17.7 Å². The minimum absolute atomic E-state index is 0.0788. The molecule has 1 aromatic rings. The summed E-state index contributed by atoms with van der Waals surface area (Å²) in [5.41, 5.74) is 1.55. The Morgan fingerprint density at radius 3 is 2.10 bits per heavy atom. The van der Waals surface area contributed by atoms with Gasteiger partial charge in [0.2, 0.25) is 5.91 Å². The quantitative estimate of drug-likeness (QED) is 0.836. The molecule has 0 saturated carbocycles. The van der Waals surface area contributed by atoms with Crippen LogP contribution in [0.5, 0.6) is 0 Å². The normalized spacial score (nSPS) is 12.1. The second-order valence-electron chi connectivity index (χ2n) is 6.92. The van der Waals surface area contributed by atoms with Crippen molar-refractivity contribution < 1.29 is 9.59 Å². The van der Waals surface area contributed by atoms with Crippen molar-refractivity contribution in [3.05, 3.63) is 35.4 Å². The number of carbonyl (C=O) groups is 2. The minimum atomic E-state index is -0.188. The molecular formula is C17H25NO2. The standard InChI is InChI=1S/C17H25NO2/c1-16(2,3)18-15(20)10-11-17(4,5)14-8-6-13(12-19)7-9-14/h6-9,12H,10-11H2,1-5H3,(H,18,20). The highest BCUT2D eigenvalue weighted by Gasteiger charge is 2.23. The van der Waals surface area contributed by atoms with E-state index in [2.05, 4.69) is 19.2 Å². The number of nitrogens with one attached hydrogen (secondary N) is 1. The molecule has 0 aliphatic heterocycles.